The average molecular weight is 352 g/mol. The second-order valence-corrected chi connectivity index (χ2v) is 6.17. The predicted molar refractivity (Wildman–Crippen MR) is 107 cm³/mol. The second-order valence-electron chi connectivity index (χ2n) is 6.17. The van der Waals surface area contributed by atoms with E-state index in [1.165, 1.54) is 0 Å². The summed E-state index contributed by atoms with van der Waals surface area (Å²) in [6.07, 6.45) is 1.74. The molecule has 0 saturated carbocycles. The highest BCUT2D eigenvalue weighted by Crippen LogP contribution is 2.24. The number of aromatic amines is 1. The Kier molecular flexibility index (Phi) is 4.15. The van der Waals surface area contributed by atoms with Crippen molar-refractivity contribution in [3.05, 3.63) is 88.6 Å². The Labute approximate surface area is 155 Å². The smallest absolute Gasteiger partial charge is 0.259 e. The van der Waals surface area contributed by atoms with Crippen molar-refractivity contribution in [1.29, 1.82) is 5.26 Å². The molecule has 0 aliphatic rings. The van der Waals surface area contributed by atoms with Gasteiger partial charge in [0.05, 0.1) is 16.5 Å². The molecule has 0 atom stereocenters. The molecule has 4 aromatic rings. The molecule has 0 unspecified atom stereocenters. The Hall–Kier alpha value is -3.91. The van der Waals surface area contributed by atoms with Gasteiger partial charge >= 0.3 is 0 Å². The summed E-state index contributed by atoms with van der Waals surface area (Å²) < 4.78 is 2.01. The van der Waals surface area contributed by atoms with Crippen molar-refractivity contribution in [2.75, 3.05) is 0 Å². The Balaban J connectivity index is 1.81. The molecule has 2 aromatic carbocycles. The first-order valence-corrected chi connectivity index (χ1v) is 8.50. The van der Waals surface area contributed by atoms with E-state index in [9.17, 15) is 10.1 Å². The molecule has 27 heavy (non-hydrogen) atoms. The number of hydrogen-bond donors (Lipinski definition) is 1. The fourth-order valence-electron chi connectivity index (χ4n) is 3.09. The van der Waals surface area contributed by atoms with Crippen molar-refractivity contribution in [3.63, 3.8) is 0 Å². The number of benzene rings is 2. The monoisotopic (exact) mass is 352 g/mol. The zero-order chi connectivity index (χ0) is 18.8. The highest BCUT2D eigenvalue weighted by molar-refractivity contribution is 5.89. The molecule has 5 nitrogen and oxygen atoms in total. The van der Waals surface area contributed by atoms with Gasteiger partial charge in [0.1, 0.15) is 6.07 Å². The van der Waals surface area contributed by atoms with E-state index in [0.29, 0.717) is 16.5 Å². The van der Waals surface area contributed by atoms with Crippen LogP contribution in [0.1, 0.15) is 11.5 Å². The minimum absolute atomic E-state index is 0.256. The van der Waals surface area contributed by atoms with E-state index < -0.39 is 0 Å². The molecule has 2 heterocycles. The molecule has 1 N–H and O–H groups in total. The maximum Gasteiger partial charge on any atom is 0.259 e. The van der Waals surface area contributed by atoms with Gasteiger partial charge in [-0.2, -0.15) is 5.26 Å². The van der Waals surface area contributed by atoms with Gasteiger partial charge in [0.2, 0.25) is 0 Å². The molecule has 0 bridgehead atoms. The molecule has 0 aliphatic carbocycles. The van der Waals surface area contributed by atoms with Crippen LogP contribution < -0.4 is 5.56 Å². The number of fused-ring (bicyclic) bond motifs is 1. The van der Waals surface area contributed by atoms with E-state index in [2.05, 4.69) is 16.0 Å². The van der Waals surface area contributed by atoms with Crippen molar-refractivity contribution in [1.82, 2.24) is 14.5 Å². The van der Waals surface area contributed by atoms with Crippen LogP contribution in [0.5, 0.6) is 0 Å². The van der Waals surface area contributed by atoms with Gasteiger partial charge in [0.15, 0.2) is 5.82 Å². The first-order chi connectivity index (χ1) is 13.2. The number of nitrogens with one attached hydrogen (secondary N) is 1. The van der Waals surface area contributed by atoms with Gasteiger partial charge in [0, 0.05) is 18.4 Å². The molecule has 0 spiro atoms. The topological polar surface area (TPSA) is 74.5 Å². The maximum atomic E-state index is 12.3. The quantitative estimate of drug-likeness (QED) is 0.567. The van der Waals surface area contributed by atoms with Gasteiger partial charge in [-0.25, -0.2) is 4.98 Å². The van der Waals surface area contributed by atoms with E-state index in [1.54, 1.807) is 24.3 Å². The third-order valence-electron chi connectivity index (χ3n) is 4.51. The SMILES string of the molecule is Cn1c(/C=C(\C#N)c2nc3ccccc3c(=O)[nH]2)ccc1-c1ccccc1. The summed E-state index contributed by atoms with van der Waals surface area (Å²) in [5.74, 6) is 0.267. The Morgan fingerprint density at radius 2 is 1.81 bits per heavy atom. The van der Waals surface area contributed by atoms with Gasteiger partial charge in [-0.1, -0.05) is 42.5 Å². The lowest BCUT2D eigenvalue weighted by atomic mass is 10.2. The Morgan fingerprint density at radius 3 is 2.59 bits per heavy atom. The molecular formula is C22H16N4O. The summed E-state index contributed by atoms with van der Waals surface area (Å²) in [7, 11) is 1.94. The highest BCUT2D eigenvalue weighted by Gasteiger charge is 2.10. The van der Waals surface area contributed by atoms with Crippen LogP contribution >= 0.6 is 0 Å². The summed E-state index contributed by atoms with van der Waals surface area (Å²) in [5, 5.41) is 10.1. The number of nitrogens with zero attached hydrogens (tertiary/aromatic N) is 3. The predicted octanol–water partition coefficient (Wildman–Crippen LogP) is 3.99. The van der Waals surface area contributed by atoms with Crippen molar-refractivity contribution in [2.24, 2.45) is 7.05 Å². The molecule has 0 radical (unpaired) electrons. The van der Waals surface area contributed by atoms with E-state index in [-0.39, 0.29) is 11.4 Å². The third kappa shape index (κ3) is 3.05. The zero-order valence-corrected chi connectivity index (χ0v) is 14.7. The molecule has 5 heteroatoms. The molecule has 0 amide bonds. The summed E-state index contributed by atoms with van der Waals surface area (Å²) in [6.45, 7) is 0. The fraction of sp³-hybridized carbons (Fsp3) is 0.0455. The summed E-state index contributed by atoms with van der Waals surface area (Å²) in [4.78, 5) is 19.4. The van der Waals surface area contributed by atoms with Crippen molar-refractivity contribution in [2.45, 2.75) is 0 Å². The minimum atomic E-state index is -0.256. The van der Waals surface area contributed by atoms with Gasteiger partial charge in [-0.3, -0.25) is 4.79 Å². The van der Waals surface area contributed by atoms with Crippen LogP contribution in [0.2, 0.25) is 0 Å². The maximum absolute atomic E-state index is 12.3. The Morgan fingerprint density at radius 1 is 1.07 bits per heavy atom. The van der Waals surface area contributed by atoms with Crippen LogP contribution in [-0.4, -0.2) is 14.5 Å². The average Bonchev–Trinajstić information content (AvgIpc) is 3.07. The standard InChI is InChI=1S/C22H16N4O/c1-26-17(11-12-20(26)15-7-3-2-4-8-15)13-16(14-23)21-24-19-10-6-5-9-18(19)22(27)25-21/h2-13H,1H3,(H,24,25,27)/b16-13+. The first-order valence-electron chi connectivity index (χ1n) is 8.50. The van der Waals surface area contributed by atoms with Crippen molar-refractivity contribution >= 4 is 22.6 Å². The van der Waals surface area contributed by atoms with E-state index in [4.69, 9.17) is 0 Å². The number of para-hydroxylation sites is 1. The van der Waals surface area contributed by atoms with Crippen molar-refractivity contribution in [3.8, 4) is 17.3 Å². The molecule has 130 valence electrons. The van der Waals surface area contributed by atoms with Crippen LogP contribution in [0, 0.1) is 11.3 Å². The summed E-state index contributed by atoms with van der Waals surface area (Å²) in [5.41, 5.74) is 3.59. The largest absolute Gasteiger partial charge is 0.344 e. The normalized spacial score (nSPS) is 11.5. The van der Waals surface area contributed by atoms with E-state index in [1.807, 2.05) is 60.1 Å². The lowest BCUT2D eigenvalue weighted by Gasteiger charge is -2.06. The lowest BCUT2D eigenvalue weighted by Crippen LogP contribution is -2.11. The summed E-state index contributed by atoms with van der Waals surface area (Å²) in [6, 6.07) is 23.2. The second kappa shape index (κ2) is 6.77. The zero-order valence-electron chi connectivity index (χ0n) is 14.7. The van der Waals surface area contributed by atoms with Crippen LogP contribution in [-0.2, 0) is 7.05 Å². The third-order valence-corrected chi connectivity index (χ3v) is 4.51. The molecule has 2 aromatic heterocycles. The van der Waals surface area contributed by atoms with Crippen LogP contribution in [0.15, 0.2) is 71.5 Å². The molecule has 4 rings (SSSR count). The number of H-pyrrole nitrogens is 1. The van der Waals surface area contributed by atoms with Gasteiger partial charge in [0.25, 0.3) is 5.56 Å². The van der Waals surface area contributed by atoms with E-state index in [0.717, 1.165) is 17.0 Å². The number of rotatable bonds is 3. The van der Waals surface area contributed by atoms with Gasteiger partial charge in [-0.05, 0) is 35.9 Å². The number of aromatic nitrogens is 3. The Bertz CT molecular complexity index is 1260. The van der Waals surface area contributed by atoms with Gasteiger partial charge in [-0.15, -0.1) is 0 Å². The highest BCUT2D eigenvalue weighted by atomic mass is 16.1. The van der Waals surface area contributed by atoms with Crippen LogP contribution in [0.3, 0.4) is 0 Å². The fourth-order valence-corrected chi connectivity index (χ4v) is 3.09. The number of allylic oxidation sites excluding steroid dienone is 1. The van der Waals surface area contributed by atoms with E-state index >= 15 is 0 Å². The number of nitriles is 1. The first kappa shape index (κ1) is 16.6. The van der Waals surface area contributed by atoms with Crippen LogP contribution in [0.4, 0.5) is 0 Å². The molecule has 0 fully saturated rings. The van der Waals surface area contributed by atoms with Crippen molar-refractivity contribution < 1.29 is 0 Å². The van der Waals surface area contributed by atoms with Gasteiger partial charge < -0.3 is 9.55 Å². The molecule has 0 aliphatic heterocycles. The summed E-state index contributed by atoms with van der Waals surface area (Å²) >= 11 is 0. The van der Waals surface area contributed by atoms with Crippen LogP contribution in [0.25, 0.3) is 33.8 Å². The molecule has 0 saturated heterocycles. The lowest BCUT2D eigenvalue weighted by molar-refractivity contribution is 0.924. The minimum Gasteiger partial charge on any atom is -0.344 e. The molecular weight excluding hydrogens is 336 g/mol. The number of hydrogen-bond acceptors (Lipinski definition) is 3.